The van der Waals surface area contributed by atoms with Crippen molar-refractivity contribution in [1.29, 1.82) is 0 Å². The number of benzene rings is 1. The molecular formula is C9H9BrFNO2. The standard InChI is InChI=1S/C9H9BrFNO2/c1-2-14-12-9(13)6-3-4-8(11)7(10)5-6/h3-5H,2H2,1H3,(H,12,13). The van der Waals surface area contributed by atoms with Gasteiger partial charge in [-0.05, 0) is 41.1 Å². The van der Waals surface area contributed by atoms with Gasteiger partial charge < -0.3 is 0 Å². The monoisotopic (exact) mass is 261 g/mol. The van der Waals surface area contributed by atoms with Crippen LogP contribution in [0.3, 0.4) is 0 Å². The third-order valence-corrected chi connectivity index (χ3v) is 2.10. The summed E-state index contributed by atoms with van der Waals surface area (Å²) in [5.41, 5.74) is 2.55. The van der Waals surface area contributed by atoms with E-state index in [9.17, 15) is 9.18 Å². The van der Waals surface area contributed by atoms with Gasteiger partial charge in [-0.2, -0.15) is 0 Å². The molecule has 0 bridgehead atoms. The number of nitrogens with one attached hydrogen (secondary N) is 1. The highest BCUT2D eigenvalue weighted by atomic mass is 79.9. The Balaban J connectivity index is 2.76. The van der Waals surface area contributed by atoms with Crippen molar-refractivity contribution in [2.75, 3.05) is 6.61 Å². The average molecular weight is 262 g/mol. The Morgan fingerprint density at radius 2 is 2.36 bits per heavy atom. The summed E-state index contributed by atoms with van der Waals surface area (Å²) in [6.45, 7) is 2.13. The van der Waals surface area contributed by atoms with Crippen molar-refractivity contribution in [1.82, 2.24) is 5.48 Å². The summed E-state index contributed by atoms with van der Waals surface area (Å²) in [6.07, 6.45) is 0. The molecule has 0 unspecified atom stereocenters. The van der Waals surface area contributed by atoms with E-state index >= 15 is 0 Å². The predicted molar refractivity (Wildman–Crippen MR) is 53.2 cm³/mol. The molecule has 5 heteroatoms. The van der Waals surface area contributed by atoms with E-state index in [1.54, 1.807) is 6.92 Å². The van der Waals surface area contributed by atoms with Crippen LogP contribution in [0.25, 0.3) is 0 Å². The third kappa shape index (κ3) is 2.78. The van der Waals surface area contributed by atoms with Crippen LogP contribution in [0.15, 0.2) is 22.7 Å². The van der Waals surface area contributed by atoms with Gasteiger partial charge in [0.25, 0.3) is 5.91 Å². The molecule has 0 heterocycles. The predicted octanol–water partition coefficient (Wildman–Crippen LogP) is 2.27. The molecule has 0 saturated heterocycles. The summed E-state index contributed by atoms with van der Waals surface area (Å²) in [6, 6.07) is 3.99. The molecule has 1 N–H and O–H groups in total. The Morgan fingerprint density at radius 1 is 1.64 bits per heavy atom. The first-order valence-electron chi connectivity index (χ1n) is 4.02. The molecule has 0 radical (unpaired) electrons. The van der Waals surface area contributed by atoms with Crippen LogP contribution in [0.2, 0.25) is 0 Å². The fourth-order valence-corrected chi connectivity index (χ4v) is 1.21. The Morgan fingerprint density at radius 3 is 2.93 bits per heavy atom. The highest BCUT2D eigenvalue weighted by Gasteiger charge is 2.07. The van der Waals surface area contributed by atoms with Gasteiger partial charge in [0.1, 0.15) is 5.82 Å². The van der Waals surface area contributed by atoms with Gasteiger partial charge in [0.05, 0.1) is 11.1 Å². The molecule has 0 fully saturated rings. The molecule has 14 heavy (non-hydrogen) atoms. The van der Waals surface area contributed by atoms with Gasteiger partial charge in [0, 0.05) is 5.56 Å². The minimum atomic E-state index is -0.405. The van der Waals surface area contributed by atoms with Crippen molar-refractivity contribution in [3.63, 3.8) is 0 Å². The van der Waals surface area contributed by atoms with Gasteiger partial charge in [-0.1, -0.05) is 0 Å². The quantitative estimate of drug-likeness (QED) is 0.848. The number of hydrogen-bond donors (Lipinski definition) is 1. The van der Waals surface area contributed by atoms with E-state index in [0.29, 0.717) is 12.2 Å². The van der Waals surface area contributed by atoms with Gasteiger partial charge in [0.2, 0.25) is 0 Å². The maximum Gasteiger partial charge on any atom is 0.274 e. The zero-order valence-electron chi connectivity index (χ0n) is 7.51. The Kier molecular flexibility index (Phi) is 4.03. The van der Waals surface area contributed by atoms with Crippen LogP contribution in [0.5, 0.6) is 0 Å². The fraction of sp³-hybridized carbons (Fsp3) is 0.222. The maximum atomic E-state index is 12.8. The molecule has 1 rings (SSSR count). The van der Waals surface area contributed by atoms with Crippen LogP contribution in [0.4, 0.5) is 4.39 Å². The largest absolute Gasteiger partial charge is 0.274 e. The number of carbonyl (C=O) groups excluding carboxylic acids is 1. The summed E-state index contributed by atoms with van der Waals surface area (Å²) < 4.78 is 13.1. The second-order valence-electron chi connectivity index (χ2n) is 2.49. The van der Waals surface area contributed by atoms with E-state index in [1.165, 1.54) is 18.2 Å². The number of rotatable bonds is 3. The molecule has 0 saturated carbocycles. The van der Waals surface area contributed by atoms with Gasteiger partial charge in [0.15, 0.2) is 0 Å². The van der Waals surface area contributed by atoms with Crippen molar-refractivity contribution >= 4 is 21.8 Å². The first-order chi connectivity index (χ1) is 6.65. The SMILES string of the molecule is CCONC(=O)c1ccc(F)c(Br)c1. The lowest BCUT2D eigenvalue weighted by Gasteiger charge is -2.04. The molecule has 76 valence electrons. The van der Waals surface area contributed by atoms with Crippen LogP contribution in [0.1, 0.15) is 17.3 Å². The first kappa shape index (κ1) is 11.1. The smallest absolute Gasteiger partial charge is 0.274 e. The minimum absolute atomic E-state index is 0.252. The molecule has 1 aromatic carbocycles. The maximum absolute atomic E-state index is 12.8. The molecule has 1 amide bonds. The van der Waals surface area contributed by atoms with Gasteiger partial charge >= 0.3 is 0 Å². The van der Waals surface area contributed by atoms with Crippen LogP contribution in [0, 0.1) is 5.82 Å². The van der Waals surface area contributed by atoms with E-state index < -0.39 is 11.7 Å². The van der Waals surface area contributed by atoms with Crippen molar-refractivity contribution in [2.24, 2.45) is 0 Å². The van der Waals surface area contributed by atoms with Gasteiger partial charge in [-0.25, -0.2) is 9.87 Å². The van der Waals surface area contributed by atoms with Crippen molar-refractivity contribution < 1.29 is 14.0 Å². The van der Waals surface area contributed by atoms with Crippen molar-refractivity contribution in [3.05, 3.63) is 34.1 Å². The van der Waals surface area contributed by atoms with E-state index in [1.807, 2.05) is 0 Å². The first-order valence-corrected chi connectivity index (χ1v) is 4.81. The summed E-state index contributed by atoms with van der Waals surface area (Å²) >= 11 is 2.99. The summed E-state index contributed by atoms with van der Waals surface area (Å²) in [7, 11) is 0. The molecular weight excluding hydrogens is 253 g/mol. The zero-order chi connectivity index (χ0) is 10.6. The van der Waals surface area contributed by atoms with Crippen LogP contribution in [-0.4, -0.2) is 12.5 Å². The molecule has 3 nitrogen and oxygen atoms in total. The van der Waals surface area contributed by atoms with Crippen LogP contribution >= 0.6 is 15.9 Å². The number of carbonyl (C=O) groups is 1. The second kappa shape index (κ2) is 5.07. The summed E-state index contributed by atoms with van der Waals surface area (Å²) in [5, 5.41) is 0. The lowest BCUT2D eigenvalue weighted by Crippen LogP contribution is -2.23. The highest BCUT2D eigenvalue weighted by Crippen LogP contribution is 2.16. The lowest BCUT2D eigenvalue weighted by atomic mass is 10.2. The summed E-state index contributed by atoms with van der Waals surface area (Å²) in [4.78, 5) is 16.0. The van der Waals surface area contributed by atoms with Crippen LogP contribution < -0.4 is 5.48 Å². The molecule has 1 aromatic rings. The van der Waals surface area contributed by atoms with Crippen molar-refractivity contribution in [3.8, 4) is 0 Å². The average Bonchev–Trinajstić information content (AvgIpc) is 2.18. The molecule has 0 aliphatic heterocycles. The summed E-state index contributed by atoms with van der Waals surface area (Å²) in [5.74, 6) is -0.800. The van der Waals surface area contributed by atoms with Gasteiger partial charge in [-0.15, -0.1) is 0 Å². The van der Waals surface area contributed by atoms with Crippen LogP contribution in [-0.2, 0) is 4.84 Å². The Hall–Kier alpha value is -0.940. The van der Waals surface area contributed by atoms with E-state index in [0.717, 1.165) is 0 Å². The number of hydrogen-bond acceptors (Lipinski definition) is 2. The van der Waals surface area contributed by atoms with Crippen molar-refractivity contribution in [2.45, 2.75) is 6.92 Å². The Bertz CT molecular complexity index is 344. The molecule has 0 aliphatic carbocycles. The fourth-order valence-electron chi connectivity index (χ4n) is 0.834. The van der Waals surface area contributed by atoms with Gasteiger partial charge in [-0.3, -0.25) is 9.63 Å². The lowest BCUT2D eigenvalue weighted by molar-refractivity contribution is 0.0364. The third-order valence-electron chi connectivity index (χ3n) is 1.49. The molecule has 0 spiro atoms. The normalized spacial score (nSPS) is 9.93. The molecule has 0 aromatic heterocycles. The minimum Gasteiger partial charge on any atom is -0.274 e. The molecule has 0 atom stereocenters. The zero-order valence-corrected chi connectivity index (χ0v) is 9.10. The number of amides is 1. The number of hydroxylamine groups is 1. The van der Waals surface area contributed by atoms with E-state index in [2.05, 4.69) is 21.4 Å². The molecule has 0 aliphatic rings. The topological polar surface area (TPSA) is 38.3 Å². The second-order valence-corrected chi connectivity index (χ2v) is 3.35. The highest BCUT2D eigenvalue weighted by molar-refractivity contribution is 9.10. The van der Waals surface area contributed by atoms with E-state index in [-0.39, 0.29) is 4.47 Å². The van der Waals surface area contributed by atoms with E-state index in [4.69, 9.17) is 4.84 Å². The Labute approximate surface area is 89.3 Å². The number of halogens is 2.